The molecule has 1 fully saturated rings. The Kier molecular flexibility index (Phi) is 21.7. The van der Waals surface area contributed by atoms with E-state index in [1.165, 1.54) is 135 Å². The Bertz CT molecular complexity index is 534. The molecule has 226 valence electrons. The minimum atomic E-state index is 0.0130. The Hall–Kier alpha value is -0.530. The van der Waals surface area contributed by atoms with E-state index in [1.807, 2.05) is 0 Å². The molecule has 0 amide bonds. The molecule has 3 atom stereocenters. The van der Waals surface area contributed by atoms with Crippen LogP contribution in [0.15, 0.2) is 0 Å². The van der Waals surface area contributed by atoms with Gasteiger partial charge in [0.15, 0.2) is 0 Å². The van der Waals surface area contributed by atoms with Crippen LogP contribution in [-0.2, 0) is 9.53 Å². The predicted octanol–water partition coefficient (Wildman–Crippen LogP) is 12.2. The fraction of sp³-hybridized carbons (Fsp3) is 0.972. The third-order valence-corrected chi connectivity index (χ3v) is 9.29. The molecule has 2 heteroatoms. The van der Waals surface area contributed by atoms with Gasteiger partial charge >= 0.3 is 5.97 Å². The first-order valence-electron chi connectivity index (χ1n) is 17.5. The van der Waals surface area contributed by atoms with Crippen molar-refractivity contribution in [2.45, 2.75) is 195 Å². The van der Waals surface area contributed by atoms with Gasteiger partial charge < -0.3 is 4.74 Å². The second-order valence-corrected chi connectivity index (χ2v) is 14.0. The smallest absolute Gasteiger partial charge is 0.305 e. The molecule has 1 aliphatic rings. The van der Waals surface area contributed by atoms with E-state index in [1.54, 1.807) is 6.42 Å². The van der Waals surface area contributed by atoms with E-state index in [-0.39, 0.29) is 5.97 Å². The molecule has 0 N–H and O–H groups in total. The van der Waals surface area contributed by atoms with Crippen LogP contribution in [0.3, 0.4) is 0 Å². The lowest BCUT2D eigenvalue weighted by Gasteiger charge is -2.31. The molecule has 0 saturated heterocycles. The quantitative estimate of drug-likeness (QED) is 0.0773. The molecule has 0 aliphatic heterocycles. The van der Waals surface area contributed by atoms with Crippen molar-refractivity contribution < 1.29 is 9.53 Å². The van der Waals surface area contributed by atoms with Crippen LogP contribution in [0, 0.1) is 23.2 Å². The average molecular weight is 535 g/mol. The molecule has 3 unspecified atom stereocenters. The summed E-state index contributed by atoms with van der Waals surface area (Å²) in [4.78, 5) is 11.8. The van der Waals surface area contributed by atoms with Crippen LogP contribution in [0.1, 0.15) is 195 Å². The van der Waals surface area contributed by atoms with Gasteiger partial charge in [-0.2, -0.15) is 0 Å². The number of esters is 1. The number of ether oxygens (including phenoxy) is 1. The third kappa shape index (κ3) is 20.4. The van der Waals surface area contributed by atoms with Gasteiger partial charge in [0.05, 0.1) is 6.61 Å². The molecule has 0 aromatic heterocycles. The summed E-state index contributed by atoms with van der Waals surface area (Å²) >= 11 is 0. The molecule has 0 bridgehead atoms. The average Bonchev–Trinajstić information content (AvgIpc) is 3.63. The van der Waals surface area contributed by atoms with E-state index in [0.717, 1.165) is 30.6 Å². The van der Waals surface area contributed by atoms with Gasteiger partial charge in [-0.1, -0.05) is 157 Å². The van der Waals surface area contributed by atoms with Gasteiger partial charge in [-0.05, 0) is 55.3 Å². The lowest BCUT2D eigenvalue weighted by atomic mass is 9.75. The maximum Gasteiger partial charge on any atom is 0.305 e. The summed E-state index contributed by atoms with van der Waals surface area (Å²) in [7, 11) is 0. The van der Waals surface area contributed by atoms with Gasteiger partial charge in [0.2, 0.25) is 0 Å². The van der Waals surface area contributed by atoms with E-state index in [4.69, 9.17) is 4.74 Å². The minimum absolute atomic E-state index is 0.0130. The van der Waals surface area contributed by atoms with Crippen molar-refractivity contribution in [2.75, 3.05) is 6.61 Å². The Morgan fingerprint density at radius 1 is 0.632 bits per heavy atom. The molecular weight excluding hydrogens is 464 g/mol. The zero-order valence-corrected chi connectivity index (χ0v) is 26.9. The normalized spacial score (nSPS) is 18.0. The van der Waals surface area contributed by atoms with Crippen molar-refractivity contribution in [2.24, 2.45) is 23.2 Å². The standard InChI is InChI=1S/C36H70O2/c1-6-8-10-19-25-32-31-33(32)26-20-15-12-13-16-21-27-34(36(3,4)5)28-22-17-14-18-23-29-35(37)38-30-24-11-9-7-2/h32-34H,6-31H2,1-5H3. The highest BCUT2D eigenvalue weighted by atomic mass is 16.5. The largest absolute Gasteiger partial charge is 0.466 e. The van der Waals surface area contributed by atoms with Crippen LogP contribution >= 0.6 is 0 Å². The van der Waals surface area contributed by atoms with Gasteiger partial charge in [-0.3, -0.25) is 4.79 Å². The zero-order chi connectivity index (χ0) is 27.9. The van der Waals surface area contributed by atoms with Crippen LogP contribution in [0.2, 0.25) is 0 Å². The summed E-state index contributed by atoms with van der Waals surface area (Å²) in [5, 5.41) is 0. The van der Waals surface area contributed by atoms with Crippen molar-refractivity contribution in [3.63, 3.8) is 0 Å². The van der Waals surface area contributed by atoms with E-state index < -0.39 is 0 Å². The van der Waals surface area contributed by atoms with Crippen LogP contribution in [0.4, 0.5) is 0 Å². The van der Waals surface area contributed by atoms with Crippen molar-refractivity contribution in [3.8, 4) is 0 Å². The molecule has 1 saturated carbocycles. The Morgan fingerprint density at radius 2 is 1.08 bits per heavy atom. The van der Waals surface area contributed by atoms with Crippen LogP contribution in [0.25, 0.3) is 0 Å². The molecule has 0 radical (unpaired) electrons. The molecule has 0 aromatic rings. The summed E-state index contributed by atoms with van der Waals surface area (Å²) in [6.45, 7) is 12.5. The molecule has 38 heavy (non-hydrogen) atoms. The fourth-order valence-corrected chi connectivity index (χ4v) is 6.34. The van der Waals surface area contributed by atoms with Gasteiger partial charge in [-0.15, -0.1) is 0 Å². The topological polar surface area (TPSA) is 26.3 Å². The van der Waals surface area contributed by atoms with Crippen molar-refractivity contribution in [1.29, 1.82) is 0 Å². The lowest BCUT2D eigenvalue weighted by molar-refractivity contribution is -0.143. The highest BCUT2D eigenvalue weighted by Crippen LogP contribution is 2.45. The highest BCUT2D eigenvalue weighted by molar-refractivity contribution is 5.69. The fourth-order valence-electron chi connectivity index (χ4n) is 6.34. The maximum atomic E-state index is 11.8. The van der Waals surface area contributed by atoms with Gasteiger partial charge in [-0.25, -0.2) is 0 Å². The summed E-state index contributed by atoms with van der Waals surface area (Å²) in [6.07, 6.45) is 33.3. The summed E-state index contributed by atoms with van der Waals surface area (Å²) in [5.41, 5.74) is 0.429. The monoisotopic (exact) mass is 535 g/mol. The molecule has 0 spiro atoms. The van der Waals surface area contributed by atoms with Crippen LogP contribution in [-0.4, -0.2) is 12.6 Å². The second kappa shape index (κ2) is 23.2. The minimum Gasteiger partial charge on any atom is -0.466 e. The molecule has 0 heterocycles. The van der Waals surface area contributed by atoms with Crippen molar-refractivity contribution in [3.05, 3.63) is 0 Å². The highest BCUT2D eigenvalue weighted by Gasteiger charge is 2.35. The SMILES string of the molecule is CCCCCCOC(=O)CCCCCCCC(CCCCCCCCC1CC1CCCCCC)C(C)(C)C. The molecule has 2 nitrogen and oxygen atoms in total. The van der Waals surface area contributed by atoms with E-state index in [0.29, 0.717) is 18.4 Å². The third-order valence-electron chi connectivity index (χ3n) is 9.29. The number of carbonyl (C=O) groups is 1. The number of hydrogen-bond acceptors (Lipinski definition) is 2. The second-order valence-electron chi connectivity index (χ2n) is 14.0. The number of rotatable bonds is 27. The molecular formula is C36H70O2. The zero-order valence-electron chi connectivity index (χ0n) is 26.9. The molecule has 1 aliphatic carbocycles. The first kappa shape index (κ1) is 35.5. The number of hydrogen-bond donors (Lipinski definition) is 0. The van der Waals surface area contributed by atoms with Crippen molar-refractivity contribution >= 4 is 5.97 Å². The van der Waals surface area contributed by atoms with E-state index in [9.17, 15) is 4.79 Å². The van der Waals surface area contributed by atoms with Crippen LogP contribution < -0.4 is 0 Å². The van der Waals surface area contributed by atoms with E-state index in [2.05, 4.69) is 34.6 Å². The number of unbranched alkanes of at least 4 members (excludes halogenated alkanes) is 15. The first-order valence-corrected chi connectivity index (χ1v) is 17.5. The van der Waals surface area contributed by atoms with Crippen LogP contribution in [0.5, 0.6) is 0 Å². The Morgan fingerprint density at radius 3 is 1.61 bits per heavy atom. The van der Waals surface area contributed by atoms with Gasteiger partial charge in [0, 0.05) is 6.42 Å². The summed E-state index contributed by atoms with van der Waals surface area (Å²) < 4.78 is 5.35. The maximum absolute atomic E-state index is 11.8. The summed E-state index contributed by atoms with van der Waals surface area (Å²) in [5.74, 6) is 3.08. The predicted molar refractivity (Wildman–Crippen MR) is 168 cm³/mol. The lowest BCUT2D eigenvalue weighted by Crippen LogP contribution is -2.20. The van der Waals surface area contributed by atoms with Gasteiger partial charge in [0.25, 0.3) is 0 Å². The molecule has 0 aromatic carbocycles. The molecule has 1 rings (SSSR count). The first-order chi connectivity index (χ1) is 18.4. The van der Waals surface area contributed by atoms with Gasteiger partial charge in [0.1, 0.15) is 0 Å². The Balaban J connectivity index is 1.95. The summed E-state index contributed by atoms with van der Waals surface area (Å²) in [6, 6.07) is 0. The van der Waals surface area contributed by atoms with E-state index >= 15 is 0 Å². The van der Waals surface area contributed by atoms with Crippen molar-refractivity contribution in [1.82, 2.24) is 0 Å². The number of carbonyl (C=O) groups excluding carboxylic acids is 1. The Labute approximate surface area is 240 Å².